The Morgan fingerprint density at radius 2 is 2.00 bits per heavy atom. The predicted octanol–water partition coefficient (Wildman–Crippen LogP) is 3.05. The van der Waals surface area contributed by atoms with Gasteiger partial charge in [-0.25, -0.2) is 9.59 Å². The van der Waals surface area contributed by atoms with Crippen molar-refractivity contribution < 1.29 is 24.2 Å². The molecule has 0 radical (unpaired) electrons. The van der Waals surface area contributed by atoms with Crippen LogP contribution in [0.1, 0.15) is 11.1 Å². The Morgan fingerprint density at radius 1 is 1.25 bits per heavy atom. The number of halogens is 1. The second kappa shape index (κ2) is 6.52. The fraction of sp³-hybridized carbons (Fsp3) is 0.176. The summed E-state index contributed by atoms with van der Waals surface area (Å²) >= 11 is 3.30. The van der Waals surface area contributed by atoms with Gasteiger partial charge in [0.2, 0.25) is 5.54 Å². The van der Waals surface area contributed by atoms with Gasteiger partial charge in [0.05, 0.1) is 0 Å². The molecular formula is C17H14BrNO5. The van der Waals surface area contributed by atoms with Gasteiger partial charge in [-0.1, -0.05) is 52.3 Å². The molecular weight excluding hydrogens is 378 g/mol. The van der Waals surface area contributed by atoms with E-state index >= 15 is 0 Å². The Hall–Kier alpha value is -2.54. The van der Waals surface area contributed by atoms with Gasteiger partial charge in [-0.3, -0.25) is 5.32 Å². The molecule has 0 aromatic heterocycles. The van der Waals surface area contributed by atoms with Crippen molar-refractivity contribution in [2.45, 2.75) is 12.1 Å². The third-order valence-electron chi connectivity index (χ3n) is 3.74. The number of carbonyl (C=O) groups excluding carboxylic acids is 1. The second-order valence-corrected chi connectivity index (χ2v) is 6.24. The quantitative estimate of drug-likeness (QED) is 0.836. The van der Waals surface area contributed by atoms with Gasteiger partial charge in [-0.2, -0.15) is 0 Å². The first kappa shape index (κ1) is 16.3. The van der Waals surface area contributed by atoms with Crippen LogP contribution in [0.5, 0.6) is 5.75 Å². The highest BCUT2D eigenvalue weighted by Gasteiger charge is 2.49. The molecule has 1 aliphatic heterocycles. The van der Waals surface area contributed by atoms with Crippen molar-refractivity contribution >= 4 is 28.0 Å². The highest BCUT2D eigenvalue weighted by molar-refractivity contribution is 9.10. The van der Waals surface area contributed by atoms with Crippen molar-refractivity contribution in [2.24, 2.45) is 0 Å². The number of carboxylic acids is 1. The van der Waals surface area contributed by atoms with Crippen LogP contribution in [0.4, 0.5) is 4.79 Å². The molecule has 3 rings (SSSR count). The summed E-state index contributed by atoms with van der Waals surface area (Å²) in [5.74, 6) is -0.796. The molecule has 0 saturated heterocycles. The molecule has 0 aliphatic carbocycles. The third kappa shape index (κ3) is 3.07. The SMILES string of the molecule is O=C(N[C@@]1(C(=O)O)COc2cc(Br)ccc21)OCc1ccccc1. The van der Waals surface area contributed by atoms with E-state index in [-0.39, 0.29) is 13.2 Å². The molecule has 1 atom stereocenters. The van der Waals surface area contributed by atoms with Crippen LogP contribution < -0.4 is 10.1 Å². The zero-order chi connectivity index (χ0) is 17.2. The van der Waals surface area contributed by atoms with Crippen molar-refractivity contribution in [3.8, 4) is 5.75 Å². The summed E-state index contributed by atoms with van der Waals surface area (Å²) in [4.78, 5) is 23.9. The standard InChI is InChI=1S/C17H14BrNO5/c18-12-6-7-13-14(8-12)24-10-17(13,15(20)21)19-16(22)23-9-11-4-2-1-3-5-11/h1-8H,9-10H2,(H,19,22)(H,20,21)/t17-/m0/s1. The average molecular weight is 392 g/mol. The van der Waals surface area contributed by atoms with E-state index in [0.29, 0.717) is 11.3 Å². The lowest BCUT2D eigenvalue weighted by molar-refractivity contribution is -0.145. The van der Waals surface area contributed by atoms with Crippen molar-refractivity contribution in [1.82, 2.24) is 5.32 Å². The summed E-state index contributed by atoms with van der Waals surface area (Å²) in [7, 11) is 0. The first-order chi connectivity index (χ1) is 11.5. The van der Waals surface area contributed by atoms with Gasteiger partial charge in [0.1, 0.15) is 19.0 Å². The highest BCUT2D eigenvalue weighted by Crippen LogP contribution is 2.39. The lowest BCUT2D eigenvalue weighted by atomic mass is 9.92. The molecule has 0 saturated carbocycles. The monoisotopic (exact) mass is 391 g/mol. The van der Waals surface area contributed by atoms with E-state index in [1.165, 1.54) is 0 Å². The normalized spacial score (nSPS) is 18.4. The number of amides is 1. The molecule has 1 aliphatic rings. The first-order valence-electron chi connectivity index (χ1n) is 7.16. The summed E-state index contributed by atoms with van der Waals surface area (Å²) in [5, 5.41) is 12.1. The molecule has 1 heterocycles. The molecule has 7 heteroatoms. The Morgan fingerprint density at radius 3 is 2.71 bits per heavy atom. The van der Waals surface area contributed by atoms with Gasteiger partial charge in [-0.05, 0) is 17.7 Å². The molecule has 24 heavy (non-hydrogen) atoms. The molecule has 0 fully saturated rings. The Labute approximate surface area is 146 Å². The molecule has 0 unspecified atom stereocenters. The number of fused-ring (bicyclic) bond motifs is 1. The number of rotatable bonds is 4. The number of ether oxygens (including phenoxy) is 2. The highest BCUT2D eigenvalue weighted by atomic mass is 79.9. The smallest absolute Gasteiger partial charge is 0.408 e. The van der Waals surface area contributed by atoms with E-state index in [0.717, 1.165) is 10.0 Å². The summed E-state index contributed by atoms with van der Waals surface area (Å²) in [6.07, 6.45) is -0.819. The minimum Gasteiger partial charge on any atom is -0.490 e. The summed E-state index contributed by atoms with van der Waals surface area (Å²) in [5.41, 5.74) is -0.469. The fourth-order valence-corrected chi connectivity index (χ4v) is 2.84. The largest absolute Gasteiger partial charge is 0.490 e. The number of alkyl carbamates (subject to hydrolysis) is 1. The van der Waals surface area contributed by atoms with Crippen LogP contribution in [0.15, 0.2) is 53.0 Å². The van der Waals surface area contributed by atoms with Crippen LogP contribution in [0.3, 0.4) is 0 Å². The van der Waals surface area contributed by atoms with Gasteiger partial charge in [0.15, 0.2) is 0 Å². The maximum atomic E-state index is 12.1. The average Bonchev–Trinajstić information content (AvgIpc) is 2.93. The van der Waals surface area contributed by atoms with Crippen LogP contribution >= 0.6 is 15.9 Å². The van der Waals surface area contributed by atoms with Crippen LogP contribution in [-0.4, -0.2) is 23.8 Å². The van der Waals surface area contributed by atoms with Crippen LogP contribution in [0, 0.1) is 0 Å². The Balaban J connectivity index is 1.76. The van der Waals surface area contributed by atoms with E-state index in [9.17, 15) is 14.7 Å². The molecule has 1 amide bonds. The van der Waals surface area contributed by atoms with Crippen LogP contribution in [0.2, 0.25) is 0 Å². The van der Waals surface area contributed by atoms with Crippen molar-refractivity contribution in [3.63, 3.8) is 0 Å². The lowest BCUT2D eigenvalue weighted by Gasteiger charge is -2.24. The number of carbonyl (C=O) groups is 2. The molecule has 2 N–H and O–H groups in total. The first-order valence-corrected chi connectivity index (χ1v) is 7.96. The number of aliphatic carboxylic acids is 1. The number of benzene rings is 2. The van der Waals surface area contributed by atoms with Crippen LogP contribution in [-0.2, 0) is 21.7 Å². The molecule has 124 valence electrons. The van der Waals surface area contributed by atoms with E-state index < -0.39 is 17.6 Å². The zero-order valence-corrected chi connectivity index (χ0v) is 14.1. The maximum absolute atomic E-state index is 12.1. The Bertz CT molecular complexity index is 780. The number of nitrogens with one attached hydrogen (secondary N) is 1. The molecule has 2 aromatic rings. The number of hydrogen-bond donors (Lipinski definition) is 2. The second-order valence-electron chi connectivity index (χ2n) is 5.33. The Kier molecular flexibility index (Phi) is 4.44. The van der Waals surface area contributed by atoms with E-state index in [1.807, 2.05) is 30.3 Å². The lowest BCUT2D eigenvalue weighted by Crippen LogP contribution is -2.53. The molecule has 2 aromatic carbocycles. The summed E-state index contributed by atoms with van der Waals surface area (Å²) in [6.45, 7) is -0.148. The van der Waals surface area contributed by atoms with Gasteiger partial charge in [0, 0.05) is 10.0 Å². The third-order valence-corrected chi connectivity index (χ3v) is 4.23. The summed E-state index contributed by atoms with van der Waals surface area (Å²) in [6, 6.07) is 14.1. The molecule has 6 nitrogen and oxygen atoms in total. The van der Waals surface area contributed by atoms with Gasteiger partial charge >= 0.3 is 12.1 Å². The van der Waals surface area contributed by atoms with Gasteiger partial charge in [-0.15, -0.1) is 0 Å². The van der Waals surface area contributed by atoms with E-state index in [2.05, 4.69) is 21.2 Å². The summed E-state index contributed by atoms with van der Waals surface area (Å²) < 4.78 is 11.3. The van der Waals surface area contributed by atoms with E-state index in [4.69, 9.17) is 9.47 Å². The maximum Gasteiger partial charge on any atom is 0.408 e. The van der Waals surface area contributed by atoms with Crippen molar-refractivity contribution in [3.05, 3.63) is 64.1 Å². The predicted molar refractivity (Wildman–Crippen MR) is 88.7 cm³/mol. The minimum atomic E-state index is -1.66. The van der Waals surface area contributed by atoms with Crippen molar-refractivity contribution in [1.29, 1.82) is 0 Å². The van der Waals surface area contributed by atoms with Gasteiger partial charge < -0.3 is 14.6 Å². The van der Waals surface area contributed by atoms with Crippen molar-refractivity contribution in [2.75, 3.05) is 6.61 Å². The van der Waals surface area contributed by atoms with E-state index in [1.54, 1.807) is 18.2 Å². The number of hydrogen-bond acceptors (Lipinski definition) is 4. The number of carboxylic acid groups (broad SMARTS) is 1. The fourth-order valence-electron chi connectivity index (χ4n) is 2.50. The van der Waals surface area contributed by atoms with Gasteiger partial charge in [0.25, 0.3) is 0 Å². The molecule has 0 bridgehead atoms. The molecule has 0 spiro atoms. The topological polar surface area (TPSA) is 84.9 Å². The zero-order valence-electron chi connectivity index (χ0n) is 12.5. The minimum absolute atomic E-state index is 0.0520. The van der Waals surface area contributed by atoms with Crippen LogP contribution in [0.25, 0.3) is 0 Å².